The third-order valence-corrected chi connectivity index (χ3v) is 2.46. The lowest BCUT2D eigenvalue weighted by Crippen LogP contribution is -2.15. The molecule has 0 radical (unpaired) electrons. The van der Waals surface area contributed by atoms with E-state index in [4.69, 9.17) is 0 Å². The van der Waals surface area contributed by atoms with E-state index in [1.807, 2.05) is 12.1 Å². The van der Waals surface area contributed by atoms with Gasteiger partial charge in [0.25, 0.3) is 0 Å². The van der Waals surface area contributed by atoms with Gasteiger partial charge in [-0.2, -0.15) is 0 Å². The van der Waals surface area contributed by atoms with E-state index < -0.39 is 0 Å². The van der Waals surface area contributed by atoms with E-state index >= 15 is 0 Å². The molecule has 0 unspecified atom stereocenters. The summed E-state index contributed by atoms with van der Waals surface area (Å²) in [5.41, 5.74) is 2.59. The van der Waals surface area contributed by atoms with Gasteiger partial charge in [-0.15, -0.1) is 24.8 Å². The lowest BCUT2D eigenvalue weighted by Gasteiger charge is -2.19. The zero-order chi connectivity index (χ0) is 10.5. The van der Waals surface area contributed by atoms with Crippen LogP contribution in [-0.4, -0.2) is 7.05 Å². The predicted molar refractivity (Wildman–Crippen MR) is 79.5 cm³/mol. The molecule has 0 heterocycles. The molecule has 0 amide bonds. The van der Waals surface area contributed by atoms with Crippen molar-refractivity contribution in [2.45, 2.75) is 6.54 Å². The summed E-state index contributed by atoms with van der Waals surface area (Å²) in [5.74, 6) is 0. The van der Waals surface area contributed by atoms with Crippen LogP contribution in [0.2, 0.25) is 0 Å². The highest BCUT2D eigenvalue weighted by Gasteiger charge is 1.99. The molecule has 0 aliphatic rings. The van der Waals surface area contributed by atoms with Crippen molar-refractivity contribution in [3.63, 3.8) is 0 Å². The lowest BCUT2D eigenvalue weighted by molar-refractivity contribution is 0.923. The molecule has 0 atom stereocenters. The Morgan fingerprint density at radius 2 is 1.24 bits per heavy atom. The molecule has 0 N–H and O–H groups in total. The number of para-hydroxylation sites is 1. The van der Waals surface area contributed by atoms with Gasteiger partial charge in [0.05, 0.1) is 0 Å². The van der Waals surface area contributed by atoms with E-state index in [2.05, 4.69) is 60.5 Å². The Balaban J connectivity index is 0.00000128. The molecular formula is C14H17Cl2N. The van der Waals surface area contributed by atoms with Crippen LogP contribution in [-0.2, 0) is 6.54 Å². The van der Waals surface area contributed by atoms with Crippen LogP contribution in [0.1, 0.15) is 5.56 Å². The molecule has 92 valence electrons. The summed E-state index contributed by atoms with van der Waals surface area (Å²) in [4.78, 5) is 2.25. The van der Waals surface area contributed by atoms with Crippen molar-refractivity contribution in [1.82, 2.24) is 0 Å². The van der Waals surface area contributed by atoms with Crippen molar-refractivity contribution in [3.05, 3.63) is 66.2 Å². The number of benzene rings is 2. The summed E-state index contributed by atoms with van der Waals surface area (Å²) in [6, 6.07) is 20.9. The highest BCUT2D eigenvalue weighted by molar-refractivity contribution is 5.85. The van der Waals surface area contributed by atoms with Gasteiger partial charge in [0.1, 0.15) is 0 Å². The summed E-state index contributed by atoms with van der Waals surface area (Å²) in [6.07, 6.45) is 0. The van der Waals surface area contributed by atoms with Gasteiger partial charge in [0.15, 0.2) is 0 Å². The quantitative estimate of drug-likeness (QED) is 0.809. The first-order valence-corrected chi connectivity index (χ1v) is 5.16. The van der Waals surface area contributed by atoms with Crippen LogP contribution in [0, 0.1) is 0 Å². The molecular weight excluding hydrogens is 253 g/mol. The number of anilines is 1. The Bertz CT molecular complexity index is 403. The number of nitrogens with zero attached hydrogens (tertiary/aromatic N) is 1. The number of halogens is 2. The fourth-order valence-electron chi connectivity index (χ4n) is 1.63. The first kappa shape index (κ1) is 15.8. The highest BCUT2D eigenvalue weighted by Crippen LogP contribution is 2.14. The smallest absolute Gasteiger partial charge is 0.0426 e. The Morgan fingerprint density at radius 1 is 0.765 bits per heavy atom. The topological polar surface area (TPSA) is 3.24 Å². The zero-order valence-electron chi connectivity index (χ0n) is 9.74. The van der Waals surface area contributed by atoms with Crippen LogP contribution in [0.5, 0.6) is 0 Å². The van der Waals surface area contributed by atoms with E-state index in [1.165, 1.54) is 11.3 Å². The van der Waals surface area contributed by atoms with E-state index in [0.717, 1.165) is 6.54 Å². The zero-order valence-corrected chi connectivity index (χ0v) is 11.4. The molecule has 1 nitrogen and oxygen atoms in total. The Labute approximate surface area is 115 Å². The second-order valence-electron chi connectivity index (χ2n) is 3.68. The van der Waals surface area contributed by atoms with Gasteiger partial charge in [-0.3, -0.25) is 0 Å². The van der Waals surface area contributed by atoms with Crippen molar-refractivity contribution in [1.29, 1.82) is 0 Å². The van der Waals surface area contributed by atoms with Crippen molar-refractivity contribution in [3.8, 4) is 0 Å². The maximum absolute atomic E-state index is 2.25. The Hall–Kier alpha value is -1.18. The minimum absolute atomic E-state index is 0. The molecule has 3 heteroatoms. The molecule has 2 aromatic rings. The molecule has 0 saturated carbocycles. The summed E-state index contributed by atoms with van der Waals surface area (Å²) in [7, 11) is 2.11. The predicted octanol–water partition coefficient (Wildman–Crippen LogP) is 4.17. The van der Waals surface area contributed by atoms with Gasteiger partial charge < -0.3 is 4.90 Å². The van der Waals surface area contributed by atoms with Crippen LogP contribution >= 0.6 is 24.8 Å². The summed E-state index contributed by atoms with van der Waals surface area (Å²) in [5, 5.41) is 0. The van der Waals surface area contributed by atoms with E-state index in [1.54, 1.807) is 0 Å². The maximum atomic E-state index is 2.25. The van der Waals surface area contributed by atoms with Gasteiger partial charge in [-0.25, -0.2) is 0 Å². The van der Waals surface area contributed by atoms with Crippen molar-refractivity contribution in [2.75, 3.05) is 11.9 Å². The largest absolute Gasteiger partial charge is 0.370 e. The van der Waals surface area contributed by atoms with Crippen LogP contribution in [0.3, 0.4) is 0 Å². The normalized spacial score (nSPS) is 8.76. The van der Waals surface area contributed by atoms with Gasteiger partial charge in [-0.1, -0.05) is 48.5 Å². The van der Waals surface area contributed by atoms with E-state index in [0.29, 0.717) is 0 Å². The minimum atomic E-state index is 0. The highest BCUT2D eigenvalue weighted by atomic mass is 35.5. The third kappa shape index (κ3) is 4.68. The van der Waals surface area contributed by atoms with Crippen LogP contribution in [0.4, 0.5) is 5.69 Å². The van der Waals surface area contributed by atoms with Gasteiger partial charge in [0, 0.05) is 19.3 Å². The number of rotatable bonds is 3. The molecule has 0 saturated heterocycles. The Morgan fingerprint density at radius 3 is 1.76 bits per heavy atom. The molecule has 2 rings (SSSR count). The summed E-state index contributed by atoms with van der Waals surface area (Å²) in [6.45, 7) is 0.949. The standard InChI is InChI=1S/C14H15N.2ClH/c1-15(14-10-6-3-7-11-14)12-13-8-4-2-5-9-13;;/h2-11H,12H2,1H3;2*1H. The van der Waals surface area contributed by atoms with Gasteiger partial charge in [0.2, 0.25) is 0 Å². The molecule has 17 heavy (non-hydrogen) atoms. The first-order chi connectivity index (χ1) is 7.36. The molecule has 2 aromatic carbocycles. The first-order valence-electron chi connectivity index (χ1n) is 5.16. The van der Waals surface area contributed by atoms with Crippen LogP contribution in [0.25, 0.3) is 0 Å². The number of hydrogen-bond acceptors (Lipinski definition) is 1. The van der Waals surface area contributed by atoms with Gasteiger partial charge >= 0.3 is 0 Å². The fourth-order valence-corrected chi connectivity index (χ4v) is 1.63. The van der Waals surface area contributed by atoms with Crippen molar-refractivity contribution < 1.29 is 0 Å². The summed E-state index contributed by atoms with van der Waals surface area (Å²) < 4.78 is 0. The third-order valence-electron chi connectivity index (χ3n) is 2.46. The van der Waals surface area contributed by atoms with E-state index in [-0.39, 0.29) is 24.8 Å². The average molecular weight is 270 g/mol. The molecule has 0 spiro atoms. The number of hydrogen-bond donors (Lipinski definition) is 0. The van der Waals surface area contributed by atoms with E-state index in [9.17, 15) is 0 Å². The molecule has 0 fully saturated rings. The van der Waals surface area contributed by atoms with Crippen molar-refractivity contribution >= 4 is 30.5 Å². The molecule has 0 bridgehead atoms. The molecule has 0 aromatic heterocycles. The van der Waals surface area contributed by atoms with Crippen LogP contribution < -0.4 is 4.90 Å². The minimum Gasteiger partial charge on any atom is -0.370 e. The molecule has 0 aliphatic heterocycles. The van der Waals surface area contributed by atoms with Crippen LogP contribution in [0.15, 0.2) is 60.7 Å². The average Bonchev–Trinajstić information content (AvgIpc) is 2.31. The lowest BCUT2D eigenvalue weighted by atomic mass is 10.2. The maximum Gasteiger partial charge on any atom is 0.0426 e. The fraction of sp³-hybridized carbons (Fsp3) is 0.143. The monoisotopic (exact) mass is 269 g/mol. The summed E-state index contributed by atoms with van der Waals surface area (Å²) >= 11 is 0. The van der Waals surface area contributed by atoms with Crippen molar-refractivity contribution in [2.24, 2.45) is 0 Å². The SMILES string of the molecule is CN(Cc1ccccc1)c1ccccc1.Cl.Cl. The second-order valence-corrected chi connectivity index (χ2v) is 3.68. The molecule has 0 aliphatic carbocycles. The Kier molecular flexibility index (Phi) is 7.44. The van der Waals surface area contributed by atoms with Gasteiger partial charge in [-0.05, 0) is 17.7 Å². The second kappa shape index (κ2) is 7.99.